The van der Waals surface area contributed by atoms with E-state index in [1.807, 2.05) is 0 Å². The maximum absolute atomic E-state index is 11.9. The minimum Gasteiger partial charge on any atom is -0.457 e. The fraction of sp³-hybridized carbons (Fsp3) is 0.833. The number of carbonyl (C=O) groups excluding carboxylic acids is 1. The van der Waals surface area contributed by atoms with E-state index < -0.39 is 4.87 Å². The number of halogens is 1. The second-order valence-corrected chi connectivity index (χ2v) is 6.81. The summed E-state index contributed by atoms with van der Waals surface area (Å²) in [5.74, 6) is -0.311. The van der Waals surface area contributed by atoms with Gasteiger partial charge >= 0.3 is 5.97 Å². The van der Waals surface area contributed by atoms with Gasteiger partial charge in [0.15, 0.2) is 0 Å². The zero-order valence-electron chi connectivity index (χ0n) is 15.0. The maximum atomic E-state index is 11.9. The highest BCUT2D eigenvalue weighted by Gasteiger charge is 2.38. The van der Waals surface area contributed by atoms with E-state index in [9.17, 15) is 4.79 Å². The Morgan fingerprint density at radius 2 is 1.55 bits per heavy atom. The Kier molecular flexibility index (Phi) is 14.7. The number of hydrogen-bond donors (Lipinski definition) is 0. The summed E-state index contributed by atoms with van der Waals surface area (Å²) < 4.78 is 5.70. The molecule has 0 radical (unpaired) electrons. The highest BCUT2D eigenvalue weighted by molar-refractivity contribution is 6.92. The molecule has 0 aromatic heterocycles. The Morgan fingerprint density at radius 1 is 1.09 bits per heavy atom. The average molecular weight is 351 g/mol. The SMILES string of the molecule is C=C(C)C(=O)OC(CCCC)C(Cl)(CCCC)CCCC.P. The van der Waals surface area contributed by atoms with Crippen molar-refractivity contribution >= 4 is 27.5 Å². The number of carbonyl (C=O) groups is 1. The van der Waals surface area contributed by atoms with E-state index in [1.54, 1.807) is 6.92 Å². The molecule has 0 N–H and O–H groups in total. The van der Waals surface area contributed by atoms with Crippen molar-refractivity contribution in [2.75, 3.05) is 0 Å². The van der Waals surface area contributed by atoms with Crippen molar-refractivity contribution in [3.63, 3.8) is 0 Å². The van der Waals surface area contributed by atoms with Gasteiger partial charge < -0.3 is 4.74 Å². The Labute approximate surface area is 146 Å². The first-order valence-corrected chi connectivity index (χ1v) is 8.84. The second kappa shape index (κ2) is 13.4. The van der Waals surface area contributed by atoms with Crippen LogP contribution < -0.4 is 0 Å². The molecule has 4 heteroatoms. The lowest BCUT2D eigenvalue weighted by molar-refractivity contribution is -0.147. The third-order valence-corrected chi connectivity index (χ3v) is 4.51. The van der Waals surface area contributed by atoms with Crippen LogP contribution in [0.15, 0.2) is 12.2 Å². The van der Waals surface area contributed by atoms with Crippen LogP contribution in [-0.4, -0.2) is 16.9 Å². The standard InChI is InChI=1S/C18H33ClO2.H3P/c1-6-9-12-16(21-17(20)15(4)5)18(19,13-10-7-2)14-11-8-3;/h16H,4,6-14H2,1-3,5H3;1H3. The van der Waals surface area contributed by atoms with Crippen LogP contribution in [0, 0.1) is 0 Å². The summed E-state index contributed by atoms with van der Waals surface area (Å²) in [5, 5.41) is 0. The van der Waals surface area contributed by atoms with Crippen LogP contribution in [0.1, 0.15) is 85.5 Å². The van der Waals surface area contributed by atoms with E-state index in [1.165, 1.54) is 0 Å². The fourth-order valence-corrected chi connectivity index (χ4v) is 2.85. The lowest BCUT2D eigenvalue weighted by Crippen LogP contribution is -2.40. The number of hydrogen-bond acceptors (Lipinski definition) is 2. The smallest absolute Gasteiger partial charge is 0.333 e. The highest BCUT2D eigenvalue weighted by Crippen LogP contribution is 2.37. The third-order valence-electron chi connectivity index (χ3n) is 3.89. The van der Waals surface area contributed by atoms with Gasteiger partial charge in [-0.05, 0) is 32.6 Å². The quantitative estimate of drug-likeness (QED) is 0.184. The van der Waals surface area contributed by atoms with Crippen molar-refractivity contribution in [1.82, 2.24) is 0 Å². The minimum atomic E-state index is -0.424. The number of esters is 1. The molecule has 0 bridgehead atoms. The average Bonchev–Trinajstić information content (AvgIpc) is 2.46. The lowest BCUT2D eigenvalue weighted by Gasteiger charge is -2.35. The summed E-state index contributed by atoms with van der Waals surface area (Å²) >= 11 is 6.94. The van der Waals surface area contributed by atoms with Crippen molar-refractivity contribution in [2.45, 2.75) is 96.5 Å². The monoisotopic (exact) mass is 350 g/mol. The molecule has 0 aliphatic heterocycles. The van der Waals surface area contributed by atoms with Gasteiger partial charge in [0, 0.05) is 5.57 Å². The van der Waals surface area contributed by atoms with Crippen LogP contribution in [-0.2, 0) is 9.53 Å². The van der Waals surface area contributed by atoms with Crippen LogP contribution in [0.5, 0.6) is 0 Å². The Hall–Kier alpha value is -0.0700. The summed E-state index contributed by atoms with van der Waals surface area (Å²) in [6.45, 7) is 11.8. The molecule has 0 amide bonds. The summed E-state index contributed by atoms with van der Waals surface area (Å²) in [7, 11) is 0. The normalized spacial score (nSPS) is 12.4. The van der Waals surface area contributed by atoms with E-state index in [4.69, 9.17) is 16.3 Å². The molecule has 0 aromatic carbocycles. The van der Waals surface area contributed by atoms with Gasteiger partial charge in [0.1, 0.15) is 6.10 Å². The van der Waals surface area contributed by atoms with Crippen LogP contribution in [0.4, 0.5) is 0 Å². The first kappa shape index (κ1) is 24.2. The van der Waals surface area contributed by atoms with Gasteiger partial charge in [-0.15, -0.1) is 11.6 Å². The molecule has 0 fully saturated rings. The van der Waals surface area contributed by atoms with Crippen LogP contribution in [0.25, 0.3) is 0 Å². The number of unbranched alkanes of at least 4 members (excludes halogenated alkanes) is 3. The first-order valence-electron chi connectivity index (χ1n) is 8.46. The Bertz CT molecular complexity index is 310. The van der Waals surface area contributed by atoms with E-state index in [-0.39, 0.29) is 22.0 Å². The van der Waals surface area contributed by atoms with Crippen LogP contribution in [0.2, 0.25) is 0 Å². The van der Waals surface area contributed by atoms with Crippen LogP contribution in [0.3, 0.4) is 0 Å². The van der Waals surface area contributed by atoms with E-state index in [2.05, 4.69) is 27.4 Å². The molecular weight excluding hydrogens is 315 g/mol. The number of rotatable bonds is 12. The molecule has 0 heterocycles. The van der Waals surface area contributed by atoms with Gasteiger partial charge in [-0.25, -0.2) is 4.79 Å². The lowest BCUT2D eigenvalue weighted by atomic mass is 9.87. The molecule has 0 aromatic rings. The molecule has 2 unspecified atom stereocenters. The molecule has 0 rings (SSSR count). The fourth-order valence-electron chi connectivity index (χ4n) is 2.43. The maximum Gasteiger partial charge on any atom is 0.333 e. The molecule has 2 nitrogen and oxygen atoms in total. The first-order chi connectivity index (χ1) is 9.91. The predicted molar refractivity (Wildman–Crippen MR) is 103 cm³/mol. The summed E-state index contributed by atoms with van der Waals surface area (Å²) in [5.41, 5.74) is 0.446. The second-order valence-electron chi connectivity index (χ2n) is 6.06. The van der Waals surface area contributed by atoms with E-state index >= 15 is 0 Å². The molecule has 0 aliphatic rings. The number of ether oxygens (including phenoxy) is 1. The molecular formula is C18H36ClO2P. The third kappa shape index (κ3) is 9.16. The summed E-state index contributed by atoms with van der Waals surface area (Å²) in [6, 6.07) is 0. The van der Waals surface area contributed by atoms with Crippen molar-refractivity contribution in [2.24, 2.45) is 0 Å². The zero-order valence-corrected chi connectivity index (χ0v) is 17.2. The molecule has 0 saturated heterocycles. The van der Waals surface area contributed by atoms with Gasteiger partial charge in [0.05, 0.1) is 4.87 Å². The molecule has 22 heavy (non-hydrogen) atoms. The highest BCUT2D eigenvalue weighted by atomic mass is 35.5. The molecule has 0 saturated carbocycles. The van der Waals surface area contributed by atoms with E-state index in [0.29, 0.717) is 5.57 Å². The summed E-state index contributed by atoms with van der Waals surface area (Å²) in [4.78, 5) is 11.5. The van der Waals surface area contributed by atoms with Crippen molar-refractivity contribution in [3.05, 3.63) is 12.2 Å². The van der Waals surface area contributed by atoms with E-state index in [0.717, 1.165) is 57.8 Å². The minimum absolute atomic E-state index is 0. The van der Waals surface area contributed by atoms with Gasteiger partial charge in [-0.3, -0.25) is 0 Å². The Balaban J connectivity index is 0. The molecule has 2 atom stereocenters. The van der Waals surface area contributed by atoms with Crippen molar-refractivity contribution in [3.8, 4) is 0 Å². The number of alkyl halides is 1. The van der Waals surface area contributed by atoms with Gasteiger partial charge in [0.25, 0.3) is 0 Å². The van der Waals surface area contributed by atoms with Crippen LogP contribution >= 0.6 is 21.5 Å². The zero-order chi connectivity index (χ0) is 16.3. The molecule has 0 aliphatic carbocycles. The molecule has 132 valence electrons. The summed E-state index contributed by atoms with van der Waals surface area (Å²) in [6.07, 6.45) is 8.90. The predicted octanol–water partition coefficient (Wildman–Crippen LogP) is 6.08. The van der Waals surface area contributed by atoms with Crippen molar-refractivity contribution in [1.29, 1.82) is 0 Å². The van der Waals surface area contributed by atoms with Crippen molar-refractivity contribution < 1.29 is 9.53 Å². The van der Waals surface area contributed by atoms with Gasteiger partial charge in [0.2, 0.25) is 0 Å². The topological polar surface area (TPSA) is 26.3 Å². The molecule has 0 spiro atoms. The Morgan fingerprint density at radius 3 is 1.91 bits per heavy atom. The largest absolute Gasteiger partial charge is 0.457 e. The van der Waals surface area contributed by atoms with Gasteiger partial charge in [-0.1, -0.05) is 59.5 Å². The van der Waals surface area contributed by atoms with Gasteiger partial charge in [-0.2, -0.15) is 9.90 Å².